The first-order chi connectivity index (χ1) is 10.8. The van der Waals surface area contributed by atoms with Gasteiger partial charge in [0.25, 0.3) is 5.56 Å². The molecule has 0 aliphatic rings. The molecule has 1 unspecified atom stereocenters. The van der Waals surface area contributed by atoms with E-state index in [9.17, 15) is 14.4 Å². The zero-order valence-electron chi connectivity index (χ0n) is 13.3. The lowest BCUT2D eigenvalue weighted by molar-refractivity contribution is -0.122. The average Bonchev–Trinajstić information content (AvgIpc) is 2.80. The number of hydrogen-bond donors (Lipinski definition) is 1. The molecule has 0 spiro atoms. The van der Waals surface area contributed by atoms with E-state index in [4.69, 9.17) is 16.3 Å². The van der Waals surface area contributed by atoms with Gasteiger partial charge in [0.2, 0.25) is 11.2 Å². The summed E-state index contributed by atoms with van der Waals surface area (Å²) >= 11 is 6.04. The van der Waals surface area contributed by atoms with Gasteiger partial charge >= 0.3 is 5.69 Å². The van der Waals surface area contributed by atoms with Gasteiger partial charge in [-0.15, -0.1) is 0 Å². The summed E-state index contributed by atoms with van der Waals surface area (Å²) in [5.41, 5.74) is -0.822. The van der Waals surface area contributed by atoms with Crippen LogP contribution in [-0.2, 0) is 30.2 Å². The van der Waals surface area contributed by atoms with E-state index in [0.717, 1.165) is 4.57 Å². The molecule has 0 bridgehead atoms. The summed E-state index contributed by atoms with van der Waals surface area (Å²) in [7, 11) is 4.38. The average molecular weight is 344 g/mol. The lowest BCUT2D eigenvalue weighted by Crippen LogP contribution is -2.39. The summed E-state index contributed by atoms with van der Waals surface area (Å²) in [6.45, 7) is 1.97. The van der Waals surface area contributed by atoms with Gasteiger partial charge in [-0.05, 0) is 18.5 Å². The van der Waals surface area contributed by atoms with Crippen molar-refractivity contribution in [3.05, 3.63) is 26.1 Å². The van der Waals surface area contributed by atoms with Crippen molar-refractivity contribution in [2.24, 2.45) is 14.1 Å². The third-order valence-electron chi connectivity index (χ3n) is 3.43. The number of carbonyl (C=O) groups is 1. The minimum absolute atomic E-state index is 0.0344. The van der Waals surface area contributed by atoms with E-state index in [2.05, 4.69) is 10.3 Å². The van der Waals surface area contributed by atoms with Crippen molar-refractivity contribution in [3.8, 4) is 0 Å². The van der Waals surface area contributed by atoms with E-state index in [1.54, 1.807) is 6.92 Å². The quantitative estimate of drug-likeness (QED) is 0.719. The molecule has 2 aromatic rings. The maximum atomic E-state index is 12.3. The fraction of sp³-hybridized carbons (Fsp3) is 0.538. The molecule has 2 aromatic heterocycles. The third kappa shape index (κ3) is 3.15. The van der Waals surface area contributed by atoms with E-state index in [0.29, 0.717) is 6.61 Å². The van der Waals surface area contributed by atoms with Crippen molar-refractivity contribution in [2.75, 3.05) is 13.7 Å². The molecule has 0 saturated carbocycles. The van der Waals surface area contributed by atoms with E-state index in [1.165, 1.54) is 30.3 Å². The van der Waals surface area contributed by atoms with Gasteiger partial charge in [-0.25, -0.2) is 4.79 Å². The SMILES string of the molecule is COCC(C)NC(=O)Cn1c(Cl)nc2c1c(=O)n(C)c(=O)n2C. The molecule has 1 atom stereocenters. The monoisotopic (exact) mass is 343 g/mol. The Balaban J connectivity index is 2.46. The number of nitrogens with zero attached hydrogens (tertiary/aromatic N) is 4. The van der Waals surface area contributed by atoms with Crippen LogP contribution in [0, 0.1) is 0 Å². The first-order valence-corrected chi connectivity index (χ1v) is 7.25. The lowest BCUT2D eigenvalue weighted by Gasteiger charge is -2.13. The fourth-order valence-corrected chi connectivity index (χ4v) is 2.54. The number of halogens is 1. The van der Waals surface area contributed by atoms with Gasteiger partial charge in [0.15, 0.2) is 11.2 Å². The second kappa shape index (κ2) is 6.55. The standard InChI is InChI=1S/C13H18ClN5O4/c1-7(6-23-4)15-8(20)5-19-9-10(16-12(19)14)17(2)13(22)18(3)11(9)21/h7H,5-6H2,1-4H3,(H,15,20). The van der Waals surface area contributed by atoms with Crippen molar-refractivity contribution in [1.82, 2.24) is 24.0 Å². The van der Waals surface area contributed by atoms with Gasteiger partial charge in [0.05, 0.1) is 6.61 Å². The molecule has 0 saturated heterocycles. The Hall–Kier alpha value is -2.13. The molecule has 0 aliphatic heterocycles. The summed E-state index contributed by atoms with van der Waals surface area (Å²) in [6, 6.07) is -0.187. The Morgan fingerprint density at radius 2 is 2.00 bits per heavy atom. The molecule has 0 aromatic carbocycles. The van der Waals surface area contributed by atoms with Crippen LogP contribution in [-0.4, -0.2) is 44.4 Å². The summed E-state index contributed by atoms with van der Waals surface area (Å²) in [5, 5.41) is 2.69. The first-order valence-electron chi connectivity index (χ1n) is 6.88. The molecule has 0 aliphatic carbocycles. The number of fused-ring (bicyclic) bond motifs is 1. The smallest absolute Gasteiger partial charge is 0.332 e. The minimum Gasteiger partial charge on any atom is -0.383 e. The number of ether oxygens (including phenoxy) is 1. The number of amides is 1. The van der Waals surface area contributed by atoms with Gasteiger partial charge in [-0.1, -0.05) is 0 Å². The van der Waals surface area contributed by atoms with Crippen LogP contribution >= 0.6 is 11.6 Å². The molecule has 1 amide bonds. The van der Waals surface area contributed by atoms with Crippen LogP contribution in [0.3, 0.4) is 0 Å². The highest BCUT2D eigenvalue weighted by Gasteiger charge is 2.20. The molecule has 1 N–H and O–H groups in total. The van der Waals surface area contributed by atoms with Crippen molar-refractivity contribution in [3.63, 3.8) is 0 Å². The number of nitrogens with one attached hydrogen (secondary N) is 1. The Morgan fingerprint density at radius 1 is 1.35 bits per heavy atom. The van der Waals surface area contributed by atoms with Gasteiger partial charge < -0.3 is 10.1 Å². The van der Waals surface area contributed by atoms with Gasteiger partial charge in [-0.3, -0.25) is 23.3 Å². The van der Waals surface area contributed by atoms with E-state index < -0.39 is 11.2 Å². The number of aromatic nitrogens is 4. The number of hydrogen-bond acceptors (Lipinski definition) is 5. The fourth-order valence-electron chi connectivity index (χ4n) is 2.32. The highest BCUT2D eigenvalue weighted by Crippen LogP contribution is 2.15. The van der Waals surface area contributed by atoms with Gasteiger partial charge in [0.1, 0.15) is 6.54 Å². The maximum absolute atomic E-state index is 12.3. The van der Waals surface area contributed by atoms with Crippen molar-refractivity contribution < 1.29 is 9.53 Å². The Labute approximate surface area is 136 Å². The second-order valence-electron chi connectivity index (χ2n) is 5.27. The Morgan fingerprint density at radius 3 is 2.61 bits per heavy atom. The van der Waals surface area contributed by atoms with E-state index >= 15 is 0 Å². The first kappa shape index (κ1) is 17.2. The molecular weight excluding hydrogens is 326 g/mol. The van der Waals surface area contributed by atoms with Crippen LogP contribution < -0.4 is 16.6 Å². The van der Waals surface area contributed by atoms with Gasteiger partial charge in [0, 0.05) is 27.2 Å². The molecular formula is C13H18ClN5O4. The number of aryl methyl sites for hydroxylation is 1. The lowest BCUT2D eigenvalue weighted by atomic mass is 10.3. The second-order valence-corrected chi connectivity index (χ2v) is 5.61. The third-order valence-corrected chi connectivity index (χ3v) is 3.72. The van der Waals surface area contributed by atoms with Crippen molar-refractivity contribution in [1.29, 1.82) is 0 Å². The highest BCUT2D eigenvalue weighted by atomic mass is 35.5. The molecule has 0 fully saturated rings. The highest BCUT2D eigenvalue weighted by molar-refractivity contribution is 6.29. The Bertz CT molecular complexity index is 866. The predicted octanol–water partition coefficient (Wildman–Crippen LogP) is -0.762. The van der Waals surface area contributed by atoms with Crippen molar-refractivity contribution in [2.45, 2.75) is 19.5 Å². The van der Waals surface area contributed by atoms with Crippen LogP contribution in [0.25, 0.3) is 11.2 Å². The topological polar surface area (TPSA) is 100 Å². The van der Waals surface area contributed by atoms with E-state index in [-0.39, 0.29) is 34.9 Å². The minimum atomic E-state index is -0.555. The summed E-state index contributed by atoms with van der Waals surface area (Å²) in [5.74, 6) is -0.341. The Kier molecular flexibility index (Phi) is 4.90. The summed E-state index contributed by atoms with van der Waals surface area (Å²) in [4.78, 5) is 40.3. The molecule has 2 heterocycles. The van der Waals surface area contributed by atoms with Crippen molar-refractivity contribution >= 4 is 28.7 Å². The number of carbonyl (C=O) groups excluding carboxylic acids is 1. The number of methoxy groups -OCH3 is 1. The van der Waals surface area contributed by atoms with E-state index in [1.807, 2.05) is 0 Å². The summed E-state index contributed by atoms with van der Waals surface area (Å²) < 4.78 is 8.39. The van der Waals surface area contributed by atoms with Crippen LogP contribution in [0.4, 0.5) is 0 Å². The molecule has 23 heavy (non-hydrogen) atoms. The summed E-state index contributed by atoms with van der Waals surface area (Å²) in [6.07, 6.45) is 0. The molecule has 2 rings (SSSR count). The number of rotatable bonds is 5. The van der Waals surface area contributed by atoms with Crippen LogP contribution in [0.1, 0.15) is 6.92 Å². The van der Waals surface area contributed by atoms with Gasteiger partial charge in [-0.2, -0.15) is 4.98 Å². The van der Waals surface area contributed by atoms with Crippen LogP contribution in [0.2, 0.25) is 5.28 Å². The predicted molar refractivity (Wildman–Crippen MR) is 84.7 cm³/mol. The molecule has 9 nitrogen and oxygen atoms in total. The maximum Gasteiger partial charge on any atom is 0.332 e. The number of imidazole rings is 1. The molecule has 10 heteroatoms. The molecule has 0 radical (unpaired) electrons. The zero-order valence-corrected chi connectivity index (χ0v) is 14.0. The zero-order chi connectivity index (χ0) is 17.3. The van der Waals surface area contributed by atoms with Crippen LogP contribution in [0.15, 0.2) is 9.59 Å². The largest absolute Gasteiger partial charge is 0.383 e. The normalized spacial score (nSPS) is 12.6. The van der Waals surface area contributed by atoms with Crippen LogP contribution in [0.5, 0.6) is 0 Å². The molecule has 126 valence electrons.